The van der Waals surface area contributed by atoms with Gasteiger partial charge in [0.15, 0.2) is 0 Å². The largest absolute Gasteiger partial charge is 0.379 e. The number of rotatable bonds is 8. The van der Waals surface area contributed by atoms with Crippen molar-refractivity contribution in [1.82, 2.24) is 15.1 Å². The van der Waals surface area contributed by atoms with Crippen molar-refractivity contribution < 1.29 is 9.53 Å². The summed E-state index contributed by atoms with van der Waals surface area (Å²) in [5.74, 6) is 0.889. The summed E-state index contributed by atoms with van der Waals surface area (Å²) in [7, 11) is 2.01. The Balaban J connectivity index is 0.00000210. The topological polar surface area (TPSA) is 56.8 Å². The molecule has 0 atom stereocenters. The van der Waals surface area contributed by atoms with Gasteiger partial charge >= 0.3 is 0 Å². The smallest absolute Gasteiger partial charge is 0.238 e. The number of ether oxygens (including phenoxy) is 1. The molecule has 2 N–H and O–H groups in total. The highest BCUT2D eigenvalue weighted by molar-refractivity contribution is 5.92. The molecule has 0 radical (unpaired) electrons. The normalized spacial score (nSPS) is 18.5. The lowest BCUT2D eigenvalue weighted by Crippen LogP contribution is -2.39. The molecule has 1 aromatic rings. The van der Waals surface area contributed by atoms with Crippen molar-refractivity contribution in [2.24, 2.45) is 5.92 Å². The zero-order valence-electron chi connectivity index (χ0n) is 17.4. The molecular weight excluding hydrogens is 411 g/mol. The number of halogens is 2. The molecule has 2 aliphatic rings. The fourth-order valence-electron chi connectivity index (χ4n) is 3.90. The molecule has 1 amide bonds. The summed E-state index contributed by atoms with van der Waals surface area (Å²) in [6, 6.07) is 8.24. The van der Waals surface area contributed by atoms with Crippen LogP contribution in [0.15, 0.2) is 24.3 Å². The molecule has 0 saturated carbocycles. The van der Waals surface area contributed by atoms with Crippen molar-refractivity contribution in [3.8, 4) is 0 Å². The van der Waals surface area contributed by atoms with Gasteiger partial charge in [0.25, 0.3) is 0 Å². The average molecular weight is 447 g/mol. The van der Waals surface area contributed by atoms with E-state index in [2.05, 4.69) is 32.6 Å². The number of nitrogens with zero attached hydrogens (tertiary/aromatic N) is 2. The molecule has 1 aromatic carbocycles. The molecule has 6 nitrogen and oxygen atoms in total. The van der Waals surface area contributed by atoms with Crippen LogP contribution in [0, 0.1) is 5.92 Å². The van der Waals surface area contributed by atoms with Gasteiger partial charge in [-0.3, -0.25) is 14.6 Å². The average Bonchev–Trinajstić information content (AvgIpc) is 2.70. The maximum atomic E-state index is 12.4. The SMILES string of the molecule is CNCCC1CCN(CC(=O)Nc2ccc(CN3CCOCC3)cc2)CC1.Cl.Cl. The summed E-state index contributed by atoms with van der Waals surface area (Å²) in [6.45, 7) is 8.21. The monoisotopic (exact) mass is 446 g/mol. The van der Waals surface area contributed by atoms with E-state index in [1.807, 2.05) is 19.2 Å². The van der Waals surface area contributed by atoms with E-state index in [0.717, 1.165) is 64.1 Å². The Kier molecular flexibility index (Phi) is 12.8. The number of carbonyl (C=O) groups excluding carboxylic acids is 1. The Morgan fingerprint density at radius 1 is 1.03 bits per heavy atom. The minimum absolute atomic E-state index is 0. The third-order valence-electron chi connectivity index (χ3n) is 5.62. The van der Waals surface area contributed by atoms with E-state index >= 15 is 0 Å². The molecule has 29 heavy (non-hydrogen) atoms. The Hall–Kier alpha value is -0.890. The van der Waals surface area contributed by atoms with E-state index in [4.69, 9.17) is 4.74 Å². The number of hydrogen-bond acceptors (Lipinski definition) is 5. The van der Waals surface area contributed by atoms with Gasteiger partial charge in [-0.2, -0.15) is 0 Å². The van der Waals surface area contributed by atoms with Crippen LogP contribution in [0.2, 0.25) is 0 Å². The molecule has 2 aliphatic heterocycles. The van der Waals surface area contributed by atoms with Gasteiger partial charge in [0, 0.05) is 25.3 Å². The highest BCUT2D eigenvalue weighted by atomic mass is 35.5. The first-order valence-electron chi connectivity index (χ1n) is 10.3. The van der Waals surface area contributed by atoms with Crippen LogP contribution in [0.5, 0.6) is 0 Å². The number of benzene rings is 1. The van der Waals surface area contributed by atoms with Gasteiger partial charge in [-0.05, 0) is 69.6 Å². The molecule has 2 fully saturated rings. The number of hydrogen-bond donors (Lipinski definition) is 2. The summed E-state index contributed by atoms with van der Waals surface area (Å²) < 4.78 is 5.39. The number of likely N-dealkylation sites (tertiary alicyclic amines) is 1. The summed E-state index contributed by atoms with van der Waals surface area (Å²) in [6.07, 6.45) is 3.64. The molecule has 2 heterocycles. The number of carbonyl (C=O) groups is 1. The van der Waals surface area contributed by atoms with Gasteiger partial charge in [0.1, 0.15) is 0 Å². The molecule has 3 rings (SSSR count). The number of morpholine rings is 1. The van der Waals surface area contributed by atoms with E-state index < -0.39 is 0 Å². The van der Waals surface area contributed by atoms with E-state index in [0.29, 0.717) is 6.54 Å². The highest BCUT2D eigenvalue weighted by Gasteiger charge is 2.20. The molecule has 0 aromatic heterocycles. The fraction of sp³-hybridized carbons (Fsp3) is 0.667. The summed E-state index contributed by atoms with van der Waals surface area (Å²) in [5, 5.41) is 6.27. The molecular formula is C21H36Cl2N4O2. The Morgan fingerprint density at radius 2 is 1.69 bits per heavy atom. The summed E-state index contributed by atoms with van der Waals surface area (Å²) in [5.41, 5.74) is 2.16. The summed E-state index contributed by atoms with van der Waals surface area (Å²) >= 11 is 0. The van der Waals surface area contributed by atoms with Crippen LogP contribution >= 0.6 is 24.8 Å². The second kappa shape index (κ2) is 14.2. The lowest BCUT2D eigenvalue weighted by Gasteiger charge is -2.31. The molecule has 166 valence electrons. The first-order chi connectivity index (χ1) is 13.2. The second-order valence-electron chi connectivity index (χ2n) is 7.75. The number of piperidine rings is 1. The van der Waals surface area contributed by atoms with Crippen molar-refractivity contribution in [2.75, 3.05) is 64.8 Å². The Labute approximate surface area is 187 Å². The summed E-state index contributed by atoms with van der Waals surface area (Å²) in [4.78, 5) is 17.0. The van der Waals surface area contributed by atoms with Crippen molar-refractivity contribution in [1.29, 1.82) is 0 Å². The second-order valence-corrected chi connectivity index (χ2v) is 7.75. The third-order valence-corrected chi connectivity index (χ3v) is 5.62. The molecule has 0 unspecified atom stereocenters. The molecule has 0 bridgehead atoms. The van der Waals surface area contributed by atoms with Gasteiger partial charge < -0.3 is 15.4 Å². The minimum atomic E-state index is 0. The first kappa shape index (κ1) is 26.1. The van der Waals surface area contributed by atoms with Crippen LogP contribution in [0.3, 0.4) is 0 Å². The molecule has 8 heteroatoms. The maximum Gasteiger partial charge on any atom is 0.238 e. The van der Waals surface area contributed by atoms with Crippen molar-refractivity contribution in [2.45, 2.75) is 25.8 Å². The molecule has 0 aliphatic carbocycles. The first-order valence-corrected chi connectivity index (χ1v) is 10.3. The third kappa shape index (κ3) is 9.20. The quantitative estimate of drug-likeness (QED) is 0.642. The predicted molar refractivity (Wildman–Crippen MR) is 123 cm³/mol. The van der Waals surface area contributed by atoms with Gasteiger partial charge in [0.2, 0.25) is 5.91 Å². The van der Waals surface area contributed by atoms with Gasteiger partial charge in [-0.15, -0.1) is 24.8 Å². The fourth-order valence-corrected chi connectivity index (χ4v) is 3.90. The lowest BCUT2D eigenvalue weighted by atomic mass is 9.93. The van der Waals surface area contributed by atoms with E-state index in [1.54, 1.807) is 0 Å². The van der Waals surface area contributed by atoms with Crippen molar-refractivity contribution in [3.05, 3.63) is 29.8 Å². The van der Waals surface area contributed by atoms with Crippen LogP contribution in [0.4, 0.5) is 5.69 Å². The number of amides is 1. The van der Waals surface area contributed by atoms with Gasteiger partial charge in [-0.1, -0.05) is 12.1 Å². The molecule has 2 saturated heterocycles. The maximum absolute atomic E-state index is 12.4. The highest BCUT2D eigenvalue weighted by Crippen LogP contribution is 2.20. The van der Waals surface area contributed by atoms with E-state index in [9.17, 15) is 4.79 Å². The van der Waals surface area contributed by atoms with Gasteiger partial charge in [-0.25, -0.2) is 0 Å². The van der Waals surface area contributed by atoms with Crippen LogP contribution in [0.1, 0.15) is 24.8 Å². The zero-order chi connectivity index (χ0) is 18.9. The van der Waals surface area contributed by atoms with Crippen LogP contribution in [-0.2, 0) is 16.1 Å². The minimum Gasteiger partial charge on any atom is -0.379 e. The Bertz CT molecular complexity index is 575. The number of nitrogens with one attached hydrogen (secondary N) is 2. The molecule has 0 spiro atoms. The van der Waals surface area contributed by atoms with Crippen LogP contribution in [-0.4, -0.2) is 75.2 Å². The van der Waals surface area contributed by atoms with Crippen molar-refractivity contribution >= 4 is 36.4 Å². The van der Waals surface area contributed by atoms with Crippen LogP contribution < -0.4 is 10.6 Å². The van der Waals surface area contributed by atoms with Crippen molar-refractivity contribution in [3.63, 3.8) is 0 Å². The lowest BCUT2D eigenvalue weighted by molar-refractivity contribution is -0.117. The van der Waals surface area contributed by atoms with Gasteiger partial charge in [0.05, 0.1) is 19.8 Å². The zero-order valence-corrected chi connectivity index (χ0v) is 19.0. The van der Waals surface area contributed by atoms with E-state index in [-0.39, 0.29) is 30.7 Å². The Morgan fingerprint density at radius 3 is 2.31 bits per heavy atom. The van der Waals surface area contributed by atoms with Crippen LogP contribution in [0.25, 0.3) is 0 Å². The van der Waals surface area contributed by atoms with E-state index in [1.165, 1.54) is 24.8 Å². The predicted octanol–water partition coefficient (Wildman–Crippen LogP) is 2.62. The number of anilines is 1. The standard InChI is InChI=1S/C21H34N4O2.2ClH/c1-22-9-6-18-7-10-24(11-8-18)17-21(26)23-20-4-2-19(3-5-20)16-25-12-14-27-15-13-25;;/h2-5,18,22H,6-17H2,1H3,(H,23,26);2*1H.